The van der Waals surface area contributed by atoms with Crippen LogP contribution in [0.2, 0.25) is 0 Å². The second-order valence-corrected chi connectivity index (χ2v) is 12.8. The average molecular weight is 519 g/mol. The van der Waals surface area contributed by atoms with Crippen LogP contribution in [0.1, 0.15) is 44.7 Å². The number of sulfonamides is 1. The zero-order chi connectivity index (χ0) is 24.6. The molecule has 13 heteroatoms. The molecule has 3 aliphatic rings. The average Bonchev–Trinajstić information content (AvgIpc) is 3.39. The van der Waals surface area contributed by atoms with E-state index in [1.807, 2.05) is 6.92 Å². The van der Waals surface area contributed by atoms with E-state index in [0.717, 1.165) is 12.8 Å². The summed E-state index contributed by atoms with van der Waals surface area (Å²) in [7, 11) is -3.24. The topological polar surface area (TPSA) is 156 Å². The molecular weight excluding hydrogens is 488 g/mol. The lowest BCUT2D eigenvalue weighted by molar-refractivity contribution is 0.0577. The van der Waals surface area contributed by atoms with Gasteiger partial charge in [-0.25, -0.2) is 22.7 Å². The number of hydrogen-bond acceptors (Lipinski definition) is 11. The molecule has 2 aliphatic heterocycles. The van der Waals surface area contributed by atoms with E-state index in [0.29, 0.717) is 73.5 Å². The second kappa shape index (κ2) is 9.59. The highest BCUT2D eigenvalue weighted by atomic mass is 32.2. The first kappa shape index (κ1) is 24.3. The lowest BCUT2D eigenvalue weighted by Crippen LogP contribution is -2.57. The van der Waals surface area contributed by atoms with Crippen molar-refractivity contribution in [3.63, 3.8) is 0 Å². The zero-order valence-electron chi connectivity index (χ0n) is 19.6. The molecule has 35 heavy (non-hydrogen) atoms. The van der Waals surface area contributed by atoms with Crippen molar-refractivity contribution in [2.24, 2.45) is 0 Å². The minimum atomic E-state index is -3.24. The van der Waals surface area contributed by atoms with Gasteiger partial charge in [0.1, 0.15) is 22.1 Å². The normalized spacial score (nSPS) is 26.3. The van der Waals surface area contributed by atoms with E-state index in [1.165, 1.54) is 11.3 Å². The molecule has 0 amide bonds. The number of rotatable bonds is 7. The lowest BCUT2D eigenvalue weighted by Gasteiger charge is -2.37. The number of piperidine rings is 1. The van der Waals surface area contributed by atoms with Crippen LogP contribution in [0, 0.1) is 11.3 Å². The molecule has 0 unspecified atom stereocenters. The van der Waals surface area contributed by atoms with E-state index in [4.69, 9.17) is 10.2 Å². The minimum absolute atomic E-state index is 0.0549. The molecule has 4 heterocycles. The monoisotopic (exact) mass is 518 g/mol. The van der Waals surface area contributed by atoms with Gasteiger partial charge in [-0.3, -0.25) is 0 Å². The maximum absolute atomic E-state index is 12.7. The third-order valence-corrected chi connectivity index (χ3v) is 10.3. The van der Waals surface area contributed by atoms with Gasteiger partial charge in [0, 0.05) is 43.8 Å². The largest absolute Gasteiger partial charge is 0.388 e. The minimum Gasteiger partial charge on any atom is -0.388 e. The SMILES string of the molecule is C[C@@]1(O)CCC[C@H]1Nc1nc(NC2CCN(S(=O)(=O)C3CNC3)CC2)ncc1-c1nc(C#N)cs1. The molecule has 2 aromatic heterocycles. The molecule has 1 aliphatic carbocycles. The van der Waals surface area contributed by atoms with Crippen molar-refractivity contribution in [1.82, 2.24) is 24.6 Å². The molecule has 11 nitrogen and oxygen atoms in total. The van der Waals surface area contributed by atoms with Gasteiger partial charge < -0.3 is 21.1 Å². The van der Waals surface area contributed by atoms with Crippen LogP contribution in [0.5, 0.6) is 0 Å². The van der Waals surface area contributed by atoms with Gasteiger partial charge in [0.25, 0.3) is 0 Å². The Kier molecular flexibility index (Phi) is 6.67. The summed E-state index contributed by atoms with van der Waals surface area (Å²) in [5.74, 6) is 1.00. The molecule has 0 radical (unpaired) electrons. The number of anilines is 2. The van der Waals surface area contributed by atoms with Crippen LogP contribution in [-0.4, -0.2) is 81.9 Å². The number of aromatic nitrogens is 3. The molecule has 4 N–H and O–H groups in total. The maximum atomic E-state index is 12.7. The molecule has 3 fully saturated rings. The van der Waals surface area contributed by atoms with Crippen LogP contribution in [0.25, 0.3) is 10.6 Å². The summed E-state index contributed by atoms with van der Waals surface area (Å²) in [5.41, 5.74) is 0.176. The molecule has 2 saturated heterocycles. The number of nitrogens with zero attached hydrogens (tertiary/aromatic N) is 5. The fourth-order valence-electron chi connectivity index (χ4n) is 4.83. The van der Waals surface area contributed by atoms with Crippen molar-refractivity contribution < 1.29 is 13.5 Å². The predicted octanol–water partition coefficient (Wildman–Crippen LogP) is 1.37. The Morgan fingerprint density at radius 2 is 2.03 bits per heavy atom. The zero-order valence-corrected chi connectivity index (χ0v) is 21.2. The molecule has 2 atom stereocenters. The van der Waals surface area contributed by atoms with Crippen molar-refractivity contribution in [2.75, 3.05) is 36.8 Å². The van der Waals surface area contributed by atoms with Gasteiger partial charge in [0.05, 0.1) is 17.2 Å². The van der Waals surface area contributed by atoms with Crippen LogP contribution in [0.15, 0.2) is 11.6 Å². The molecular formula is C22H30N8O3S2. The Labute approximate surface area is 209 Å². The van der Waals surface area contributed by atoms with Crippen LogP contribution in [0.3, 0.4) is 0 Å². The third-order valence-electron chi connectivity index (χ3n) is 7.19. The van der Waals surface area contributed by atoms with Crippen LogP contribution in [0.4, 0.5) is 11.8 Å². The van der Waals surface area contributed by atoms with Gasteiger partial charge in [0.2, 0.25) is 16.0 Å². The van der Waals surface area contributed by atoms with Crippen molar-refractivity contribution in [3.8, 4) is 16.6 Å². The molecule has 0 bridgehead atoms. The smallest absolute Gasteiger partial charge is 0.224 e. The molecule has 2 aromatic rings. The Hall–Kier alpha value is -2.37. The first-order valence-corrected chi connectivity index (χ1v) is 14.3. The molecule has 0 spiro atoms. The summed E-state index contributed by atoms with van der Waals surface area (Å²) in [6, 6.07) is 1.95. The highest BCUT2D eigenvalue weighted by molar-refractivity contribution is 7.89. The summed E-state index contributed by atoms with van der Waals surface area (Å²) in [6.07, 6.45) is 5.48. The van der Waals surface area contributed by atoms with Gasteiger partial charge in [-0.05, 0) is 39.0 Å². The predicted molar refractivity (Wildman–Crippen MR) is 134 cm³/mol. The summed E-state index contributed by atoms with van der Waals surface area (Å²) in [6.45, 7) is 3.83. The Morgan fingerprint density at radius 1 is 1.26 bits per heavy atom. The van der Waals surface area contributed by atoms with E-state index >= 15 is 0 Å². The summed E-state index contributed by atoms with van der Waals surface area (Å²) in [5, 5.41) is 31.8. The summed E-state index contributed by atoms with van der Waals surface area (Å²) >= 11 is 1.35. The van der Waals surface area contributed by atoms with E-state index < -0.39 is 15.6 Å². The van der Waals surface area contributed by atoms with E-state index in [-0.39, 0.29) is 17.3 Å². The Bertz CT molecular complexity index is 1210. The van der Waals surface area contributed by atoms with Crippen LogP contribution >= 0.6 is 11.3 Å². The molecule has 1 saturated carbocycles. The molecule has 188 valence electrons. The van der Waals surface area contributed by atoms with Gasteiger partial charge in [-0.2, -0.15) is 10.2 Å². The van der Waals surface area contributed by atoms with Gasteiger partial charge in [-0.1, -0.05) is 0 Å². The van der Waals surface area contributed by atoms with Gasteiger partial charge in [0.15, 0.2) is 5.69 Å². The van der Waals surface area contributed by atoms with E-state index in [2.05, 4.69) is 32.0 Å². The number of nitriles is 1. The van der Waals surface area contributed by atoms with E-state index in [9.17, 15) is 13.5 Å². The van der Waals surface area contributed by atoms with Crippen LogP contribution < -0.4 is 16.0 Å². The number of aliphatic hydroxyl groups is 1. The maximum Gasteiger partial charge on any atom is 0.224 e. The van der Waals surface area contributed by atoms with Crippen molar-refractivity contribution in [1.29, 1.82) is 5.26 Å². The quantitative estimate of drug-likeness (QED) is 0.422. The molecule has 5 rings (SSSR count). The number of hydrogen-bond donors (Lipinski definition) is 4. The third kappa shape index (κ3) is 4.99. The van der Waals surface area contributed by atoms with Gasteiger partial charge in [-0.15, -0.1) is 11.3 Å². The summed E-state index contributed by atoms with van der Waals surface area (Å²) < 4.78 is 27.0. The first-order chi connectivity index (χ1) is 16.8. The van der Waals surface area contributed by atoms with Crippen LogP contribution in [-0.2, 0) is 10.0 Å². The Morgan fingerprint density at radius 3 is 2.63 bits per heavy atom. The van der Waals surface area contributed by atoms with Gasteiger partial charge >= 0.3 is 0 Å². The fourth-order valence-corrected chi connectivity index (χ4v) is 7.38. The van der Waals surface area contributed by atoms with Crippen molar-refractivity contribution >= 4 is 33.1 Å². The summed E-state index contributed by atoms with van der Waals surface area (Å²) in [4.78, 5) is 13.6. The number of nitrogens with one attached hydrogen (secondary N) is 3. The number of thiazole rings is 1. The second-order valence-electron chi connectivity index (χ2n) is 9.69. The highest BCUT2D eigenvalue weighted by Gasteiger charge is 2.39. The molecule has 0 aromatic carbocycles. The fraction of sp³-hybridized carbons (Fsp3) is 0.636. The Balaban J connectivity index is 1.32. The first-order valence-electron chi connectivity index (χ1n) is 11.9. The standard InChI is InChI=1S/C22H30N8O3S2/c1-22(31)6-2-3-18(22)28-19-17(20-26-15(9-23)13-34-20)12-25-21(29-19)27-14-4-7-30(8-5-14)35(32,33)16-10-24-11-16/h12-14,16,18,24,31H,2-8,10-11H2,1H3,(H2,25,27,28,29)/t18-,22-/m1/s1. The van der Waals surface area contributed by atoms with E-state index in [1.54, 1.807) is 15.9 Å². The van der Waals surface area contributed by atoms with Crippen molar-refractivity contribution in [3.05, 3.63) is 17.3 Å². The van der Waals surface area contributed by atoms with Crippen molar-refractivity contribution in [2.45, 2.75) is 62.0 Å². The highest BCUT2D eigenvalue weighted by Crippen LogP contribution is 2.35. The lowest BCUT2D eigenvalue weighted by atomic mass is 10.0.